The van der Waals surface area contributed by atoms with Gasteiger partial charge in [-0.15, -0.1) is 11.8 Å². The zero-order chi connectivity index (χ0) is 10.7. The molecule has 82 valence electrons. The van der Waals surface area contributed by atoms with Gasteiger partial charge in [-0.3, -0.25) is 0 Å². The molecule has 0 saturated carbocycles. The number of nitrogens with two attached hydrogens (primary N) is 1. The van der Waals surface area contributed by atoms with Crippen LogP contribution < -0.4 is 15.2 Å². The van der Waals surface area contributed by atoms with E-state index in [1.807, 2.05) is 18.2 Å². The molecular weight excluding hydrogens is 210 g/mol. The maximum Gasteiger partial charge on any atom is 0.162 e. The van der Waals surface area contributed by atoms with Crippen LogP contribution in [0.2, 0.25) is 0 Å². The molecule has 3 nitrogen and oxygen atoms in total. The van der Waals surface area contributed by atoms with Crippen LogP contribution in [-0.4, -0.2) is 25.0 Å². The molecule has 0 spiro atoms. The first-order valence-electron chi connectivity index (χ1n) is 5.06. The fraction of sp³-hybridized carbons (Fsp3) is 0.455. The summed E-state index contributed by atoms with van der Waals surface area (Å²) in [4.78, 5) is 1.18. The molecule has 0 bridgehead atoms. The first-order chi connectivity index (χ1) is 7.29. The number of rotatable bonds is 3. The molecule has 1 aliphatic heterocycles. The summed E-state index contributed by atoms with van der Waals surface area (Å²) in [6, 6.07) is 6.02. The van der Waals surface area contributed by atoms with Gasteiger partial charge in [0.15, 0.2) is 11.5 Å². The summed E-state index contributed by atoms with van der Waals surface area (Å²) in [5, 5.41) is 0.424. The van der Waals surface area contributed by atoms with Crippen LogP contribution >= 0.6 is 11.8 Å². The lowest BCUT2D eigenvalue weighted by molar-refractivity contribution is 0.171. The van der Waals surface area contributed by atoms with Gasteiger partial charge in [0.1, 0.15) is 13.2 Å². The lowest BCUT2D eigenvalue weighted by Crippen LogP contribution is -2.15. The van der Waals surface area contributed by atoms with Gasteiger partial charge in [0, 0.05) is 16.7 Å². The van der Waals surface area contributed by atoms with E-state index in [1.165, 1.54) is 4.90 Å². The molecule has 2 rings (SSSR count). The molecule has 15 heavy (non-hydrogen) atoms. The standard InChI is InChI=1S/C11H15NO2S/c1-8(7-12)15-9-2-3-10-11(6-9)14-5-4-13-10/h2-3,6,8H,4-5,7,12H2,1H3. The Hall–Kier alpha value is -0.870. The highest BCUT2D eigenvalue weighted by molar-refractivity contribution is 8.00. The minimum absolute atomic E-state index is 0.424. The van der Waals surface area contributed by atoms with Crippen LogP contribution in [0.1, 0.15) is 6.92 Å². The number of ether oxygens (including phenoxy) is 2. The average molecular weight is 225 g/mol. The summed E-state index contributed by atoms with van der Waals surface area (Å²) in [6.45, 7) is 4.06. The van der Waals surface area contributed by atoms with Crippen LogP contribution in [0.3, 0.4) is 0 Å². The third-order valence-corrected chi connectivity index (χ3v) is 3.30. The zero-order valence-corrected chi connectivity index (χ0v) is 9.55. The van der Waals surface area contributed by atoms with Crippen LogP contribution in [0.25, 0.3) is 0 Å². The third kappa shape index (κ3) is 2.58. The summed E-state index contributed by atoms with van der Waals surface area (Å²) in [5.41, 5.74) is 5.58. The Morgan fingerprint density at radius 2 is 2.07 bits per heavy atom. The Balaban J connectivity index is 2.13. The quantitative estimate of drug-likeness (QED) is 0.798. The van der Waals surface area contributed by atoms with Crippen molar-refractivity contribution in [2.45, 2.75) is 17.1 Å². The monoisotopic (exact) mass is 225 g/mol. The highest BCUT2D eigenvalue weighted by Crippen LogP contribution is 2.35. The average Bonchev–Trinajstić information content (AvgIpc) is 2.29. The fourth-order valence-electron chi connectivity index (χ4n) is 1.38. The Morgan fingerprint density at radius 1 is 1.33 bits per heavy atom. The van der Waals surface area contributed by atoms with Crippen molar-refractivity contribution >= 4 is 11.8 Å². The first kappa shape index (κ1) is 10.6. The molecule has 0 saturated heterocycles. The molecule has 1 unspecified atom stereocenters. The lowest BCUT2D eigenvalue weighted by Gasteiger charge is -2.19. The van der Waals surface area contributed by atoms with Gasteiger partial charge in [-0.05, 0) is 18.2 Å². The second-order valence-corrected chi connectivity index (χ2v) is 4.98. The Bertz CT molecular complexity index is 343. The van der Waals surface area contributed by atoms with Gasteiger partial charge < -0.3 is 15.2 Å². The van der Waals surface area contributed by atoms with Gasteiger partial charge in [0.05, 0.1) is 0 Å². The van der Waals surface area contributed by atoms with E-state index in [0.29, 0.717) is 25.0 Å². The predicted octanol–water partition coefficient (Wildman–Crippen LogP) is 1.90. The largest absolute Gasteiger partial charge is 0.486 e. The smallest absolute Gasteiger partial charge is 0.162 e. The van der Waals surface area contributed by atoms with Gasteiger partial charge in [0.25, 0.3) is 0 Å². The van der Waals surface area contributed by atoms with E-state index < -0.39 is 0 Å². The van der Waals surface area contributed by atoms with E-state index in [2.05, 4.69) is 6.92 Å². The minimum Gasteiger partial charge on any atom is -0.486 e. The predicted molar refractivity (Wildman–Crippen MR) is 61.8 cm³/mol. The molecule has 1 heterocycles. The molecule has 1 aromatic rings. The Morgan fingerprint density at radius 3 is 2.80 bits per heavy atom. The second-order valence-electron chi connectivity index (χ2n) is 3.47. The highest BCUT2D eigenvalue weighted by atomic mass is 32.2. The van der Waals surface area contributed by atoms with Crippen molar-refractivity contribution in [2.75, 3.05) is 19.8 Å². The molecule has 2 N–H and O–H groups in total. The molecule has 1 atom stereocenters. The maximum absolute atomic E-state index is 5.58. The van der Waals surface area contributed by atoms with Crippen LogP contribution in [0, 0.1) is 0 Å². The normalized spacial score (nSPS) is 16.1. The second kappa shape index (κ2) is 4.77. The fourth-order valence-corrected chi connectivity index (χ4v) is 2.26. The first-order valence-corrected chi connectivity index (χ1v) is 5.94. The van der Waals surface area contributed by atoms with Crippen LogP contribution in [0.4, 0.5) is 0 Å². The van der Waals surface area contributed by atoms with E-state index in [4.69, 9.17) is 15.2 Å². The van der Waals surface area contributed by atoms with Crippen molar-refractivity contribution < 1.29 is 9.47 Å². The van der Waals surface area contributed by atoms with Gasteiger partial charge >= 0.3 is 0 Å². The van der Waals surface area contributed by atoms with Crippen LogP contribution in [-0.2, 0) is 0 Å². The van der Waals surface area contributed by atoms with Gasteiger partial charge in [-0.1, -0.05) is 6.92 Å². The summed E-state index contributed by atoms with van der Waals surface area (Å²) in [7, 11) is 0. The SMILES string of the molecule is CC(CN)Sc1ccc2c(c1)OCCO2. The third-order valence-electron chi connectivity index (χ3n) is 2.18. The summed E-state index contributed by atoms with van der Waals surface area (Å²) in [6.07, 6.45) is 0. The molecule has 0 fully saturated rings. The Labute approximate surface area is 93.9 Å². The van der Waals surface area contributed by atoms with E-state index in [0.717, 1.165) is 11.5 Å². The van der Waals surface area contributed by atoms with Crippen molar-refractivity contribution in [1.29, 1.82) is 0 Å². The van der Waals surface area contributed by atoms with Gasteiger partial charge in [-0.25, -0.2) is 0 Å². The molecule has 1 aromatic carbocycles. The number of hydrogen-bond acceptors (Lipinski definition) is 4. The number of fused-ring (bicyclic) bond motifs is 1. The minimum atomic E-state index is 0.424. The van der Waals surface area contributed by atoms with E-state index in [9.17, 15) is 0 Å². The van der Waals surface area contributed by atoms with Crippen LogP contribution in [0.5, 0.6) is 11.5 Å². The van der Waals surface area contributed by atoms with Crippen molar-refractivity contribution in [3.05, 3.63) is 18.2 Å². The Kier molecular flexibility index (Phi) is 3.38. The van der Waals surface area contributed by atoms with Gasteiger partial charge in [0.2, 0.25) is 0 Å². The number of thioether (sulfide) groups is 1. The summed E-state index contributed by atoms with van der Waals surface area (Å²) in [5.74, 6) is 1.68. The van der Waals surface area contributed by atoms with Crippen molar-refractivity contribution in [1.82, 2.24) is 0 Å². The van der Waals surface area contributed by atoms with Gasteiger partial charge in [-0.2, -0.15) is 0 Å². The molecule has 0 aromatic heterocycles. The summed E-state index contributed by atoms with van der Waals surface area (Å²) >= 11 is 1.76. The van der Waals surface area contributed by atoms with E-state index in [1.54, 1.807) is 11.8 Å². The molecular formula is C11H15NO2S. The highest BCUT2D eigenvalue weighted by Gasteiger charge is 2.12. The van der Waals surface area contributed by atoms with Crippen molar-refractivity contribution in [2.24, 2.45) is 5.73 Å². The number of hydrogen-bond donors (Lipinski definition) is 1. The van der Waals surface area contributed by atoms with Crippen molar-refractivity contribution in [3.8, 4) is 11.5 Å². The molecule has 0 amide bonds. The zero-order valence-electron chi connectivity index (χ0n) is 8.73. The topological polar surface area (TPSA) is 44.5 Å². The molecule has 1 aliphatic rings. The number of benzene rings is 1. The van der Waals surface area contributed by atoms with Crippen LogP contribution in [0.15, 0.2) is 23.1 Å². The van der Waals surface area contributed by atoms with E-state index >= 15 is 0 Å². The lowest BCUT2D eigenvalue weighted by atomic mass is 10.3. The summed E-state index contributed by atoms with van der Waals surface area (Å²) < 4.78 is 11.0. The van der Waals surface area contributed by atoms with E-state index in [-0.39, 0.29) is 0 Å². The molecule has 0 aliphatic carbocycles. The van der Waals surface area contributed by atoms with Crippen molar-refractivity contribution in [3.63, 3.8) is 0 Å². The maximum atomic E-state index is 5.58. The molecule has 4 heteroatoms. The molecule has 0 radical (unpaired) electrons.